The van der Waals surface area contributed by atoms with Crippen LogP contribution >= 0.6 is 0 Å². The van der Waals surface area contributed by atoms with Gasteiger partial charge in [0, 0.05) is 5.69 Å². The quantitative estimate of drug-likeness (QED) is 0.765. The smallest absolute Gasteiger partial charge is 0.319 e. The molecule has 0 aliphatic rings. The summed E-state index contributed by atoms with van der Waals surface area (Å²) in [5.74, 6) is 0. The molecule has 0 aliphatic heterocycles. The molecule has 106 valence electrons. The highest BCUT2D eigenvalue weighted by Gasteiger charge is 2.27. The molecular weight excluding hydrogens is 240 g/mol. The summed E-state index contributed by atoms with van der Waals surface area (Å²) in [6.45, 7) is 7.84. The number of aliphatic hydroxyl groups excluding tert-OH is 1. The van der Waals surface area contributed by atoms with Gasteiger partial charge in [0.25, 0.3) is 0 Å². The second kappa shape index (κ2) is 6.57. The van der Waals surface area contributed by atoms with E-state index < -0.39 is 5.54 Å². The van der Waals surface area contributed by atoms with Crippen molar-refractivity contribution in [2.45, 2.75) is 46.1 Å². The Morgan fingerprint density at radius 3 is 2.42 bits per heavy atom. The second-order valence-corrected chi connectivity index (χ2v) is 4.97. The summed E-state index contributed by atoms with van der Waals surface area (Å²) < 4.78 is 0. The fraction of sp³-hybridized carbons (Fsp3) is 0.533. The van der Waals surface area contributed by atoms with E-state index in [9.17, 15) is 9.90 Å². The topological polar surface area (TPSA) is 61.4 Å². The van der Waals surface area contributed by atoms with Gasteiger partial charge in [-0.05, 0) is 43.9 Å². The minimum Gasteiger partial charge on any atom is -0.394 e. The van der Waals surface area contributed by atoms with Crippen LogP contribution in [0.3, 0.4) is 0 Å². The van der Waals surface area contributed by atoms with E-state index in [1.165, 1.54) is 0 Å². The zero-order valence-electron chi connectivity index (χ0n) is 12.2. The highest BCUT2D eigenvalue weighted by molar-refractivity contribution is 5.90. The van der Waals surface area contributed by atoms with Crippen LogP contribution in [0, 0.1) is 13.8 Å². The Morgan fingerprint density at radius 2 is 1.89 bits per heavy atom. The van der Waals surface area contributed by atoms with Crippen LogP contribution in [0.15, 0.2) is 18.2 Å². The molecule has 0 heterocycles. The molecule has 0 spiro atoms. The highest BCUT2D eigenvalue weighted by atomic mass is 16.3. The van der Waals surface area contributed by atoms with Crippen molar-refractivity contribution in [3.8, 4) is 0 Å². The van der Waals surface area contributed by atoms with Crippen molar-refractivity contribution < 1.29 is 9.90 Å². The Kier molecular flexibility index (Phi) is 5.36. The zero-order valence-corrected chi connectivity index (χ0v) is 12.2. The average Bonchev–Trinajstić information content (AvgIpc) is 2.41. The lowest BCUT2D eigenvalue weighted by atomic mass is 9.94. The van der Waals surface area contributed by atoms with Crippen LogP contribution in [0.25, 0.3) is 0 Å². The third-order valence-corrected chi connectivity index (χ3v) is 3.89. The monoisotopic (exact) mass is 264 g/mol. The molecular formula is C15H24N2O2. The molecule has 1 aromatic carbocycles. The molecule has 0 saturated heterocycles. The van der Waals surface area contributed by atoms with E-state index in [1.54, 1.807) is 0 Å². The fourth-order valence-electron chi connectivity index (χ4n) is 1.97. The van der Waals surface area contributed by atoms with Crippen molar-refractivity contribution >= 4 is 11.7 Å². The van der Waals surface area contributed by atoms with Crippen LogP contribution in [-0.4, -0.2) is 23.3 Å². The number of carbonyl (C=O) groups is 1. The molecule has 0 unspecified atom stereocenters. The molecule has 0 atom stereocenters. The van der Waals surface area contributed by atoms with E-state index in [0.717, 1.165) is 16.8 Å². The number of aryl methyl sites for hydroxylation is 1. The molecule has 4 nitrogen and oxygen atoms in total. The Hall–Kier alpha value is -1.55. The van der Waals surface area contributed by atoms with E-state index in [-0.39, 0.29) is 12.6 Å². The van der Waals surface area contributed by atoms with Gasteiger partial charge in [-0.1, -0.05) is 26.0 Å². The maximum Gasteiger partial charge on any atom is 0.319 e. The molecule has 0 radical (unpaired) electrons. The Labute approximate surface area is 115 Å². The van der Waals surface area contributed by atoms with Gasteiger partial charge in [0.1, 0.15) is 0 Å². The van der Waals surface area contributed by atoms with Crippen molar-refractivity contribution in [2.24, 2.45) is 0 Å². The average molecular weight is 264 g/mol. The number of nitrogens with one attached hydrogen (secondary N) is 2. The molecule has 4 heteroatoms. The summed E-state index contributed by atoms with van der Waals surface area (Å²) in [6, 6.07) is 5.53. The number of carbonyl (C=O) groups excluding carboxylic acids is 1. The minimum atomic E-state index is -0.540. The first-order valence-corrected chi connectivity index (χ1v) is 6.74. The van der Waals surface area contributed by atoms with Crippen LogP contribution in [0.5, 0.6) is 0 Å². The van der Waals surface area contributed by atoms with Crippen LogP contribution < -0.4 is 10.6 Å². The summed E-state index contributed by atoms with van der Waals surface area (Å²) in [5, 5.41) is 15.2. The zero-order chi connectivity index (χ0) is 14.5. The number of hydrogen-bond donors (Lipinski definition) is 3. The number of hydrogen-bond acceptors (Lipinski definition) is 2. The first-order chi connectivity index (χ1) is 8.98. The lowest BCUT2D eigenvalue weighted by Crippen LogP contribution is -2.52. The number of benzene rings is 1. The largest absolute Gasteiger partial charge is 0.394 e. The van der Waals surface area contributed by atoms with Gasteiger partial charge >= 0.3 is 6.03 Å². The van der Waals surface area contributed by atoms with E-state index in [1.807, 2.05) is 45.9 Å². The standard InChI is InChI=1S/C15H24N2O2/c1-5-15(6-2,10-18)17-14(19)16-13-9-7-8-11(3)12(13)4/h7-9,18H,5-6,10H2,1-4H3,(H2,16,17,19). The summed E-state index contributed by atoms with van der Waals surface area (Å²) in [4.78, 5) is 12.0. The van der Waals surface area contributed by atoms with Crippen molar-refractivity contribution in [2.75, 3.05) is 11.9 Å². The van der Waals surface area contributed by atoms with Gasteiger partial charge in [0.05, 0.1) is 12.1 Å². The normalized spacial score (nSPS) is 11.2. The summed E-state index contributed by atoms with van der Waals surface area (Å²) >= 11 is 0. The van der Waals surface area contributed by atoms with E-state index in [4.69, 9.17) is 0 Å². The lowest BCUT2D eigenvalue weighted by Gasteiger charge is -2.30. The third-order valence-electron chi connectivity index (χ3n) is 3.89. The summed E-state index contributed by atoms with van der Waals surface area (Å²) in [6.07, 6.45) is 1.39. The van der Waals surface area contributed by atoms with Crippen LogP contribution in [0.2, 0.25) is 0 Å². The number of rotatable bonds is 5. The van der Waals surface area contributed by atoms with E-state index in [2.05, 4.69) is 10.6 Å². The summed E-state index contributed by atoms with van der Waals surface area (Å²) in [7, 11) is 0. The lowest BCUT2D eigenvalue weighted by molar-refractivity contribution is 0.155. The number of anilines is 1. The molecule has 1 rings (SSSR count). The minimum absolute atomic E-state index is 0.0553. The molecule has 0 bridgehead atoms. The Bertz CT molecular complexity index is 432. The van der Waals surface area contributed by atoms with Gasteiger partial charge in [0.2, 0.25) is 0 Å². The van der Waals surface area contributed by atoms with Gasteiger partial charge < -0.3 is 15.7 Å². The number of amides is 2. The van der Waals surface area contributed by atoms with Crippen LogP contribution in [0.4, 0.5) is 10.5 Å². The molecule has 1 aromatic rings. The van der Waals surface area contributed by atoms with Crippen molar-refractivity contribution in [1.82, 2.24) is 5.32 Å². The van der Waals surface area contributed by atoms with E-state index >= 15 is 0 Å². The first kappa shape index (κ1) is 15.5. The predicted octanol–water partition coefficient (Wildman–Crippen LogP) is 2.98. The molecule has 0 aromatic heterocycles. The molecule has 0 fully saturated rings. The van der Waals surface area contributed by atoms with Gasteiger partial charge in [-0.15, -0.1) is 0 Å². The maximum absolute atomic E-state index is 12.0. The molecule has 19 heavy (non-hydrogen) atoms. The number of urea groups is 1. The second-order valence-electron chi connectivity index (χ2n) is 4.97. The Balaban J connectivity index is 2.78. The van der Waals surface area contributed by atoms with Crippen LogP contribution in [-0.2, 0) is 0 Å². The molecule has 2 amide bonds. The van der Waals surface area contributed by atoms with Gasteiger partial charge in [0.15, 0.2) is 0 Å². The highest BCUT2D eigenvalue weighted by Crippen LogP contribution is 2.19. The molecule has 0 aliphatic carbocycles. The maximum atomic E-state index is 12.0. The van der Waals surface area contributed by atoms with Gasteiger partial charge in [-0.2, -0.15) is 0 Å². The van der Waals surface area contributed by atoms with Crippen LogP contribution in [0.1, 0.15) is 37.8 Å². The Morgan fingerprint density at radius 1 is 1.26 bits per heavy atom. The summed E-state index contributed by atoms with van der Waals surface area (Å²) in [5.41, 5.74) is 2.45. The fourth-order valence-corrected chi connectivity index (χ4v) is 1.97. The van der Waals surface area contributed by atoms with E-state index in [0.29, 0.717) is 12.8 Å². The molecule has 3 N–H and O–H groups in total. The third kappa shape index (κ3) is 3.70. The van der Waals surface area contributed by atoms with Crippen molar-refractivity contribution in [3.05, 3.63) is 29.3 Å². The van der Waals surface area contributed by atoms with Crippen molar-refractivity contribution in [3.63, 3.8) is 0 Å². The van der Waals surface area contributed by atoms with Crippen molar-refractivity contribution in [1.29, 1.82) is 0 Å². The van der Waals surface area contributed by atoms with Gasteiger partial charge in [-0.3, -0.25) is 0 Å². The first-order valence-electron chi connectivity index (χ1n) is 6.74. The number of aliphatic hydroxyl groups is 1. The molecule has 0 saturated carbocycles. The predicted molar refractivity (Wildman–Crippen MR) is 78.5 cm³/mol. The SMILES string of the molecule is CCC(CC)(CO)NC(=O)Nc1cccc(C)c1C. The van der Waals surface area contributed by atoms with Gasteiger partial charge in [-0.25, -0.2) is 4.79 Å².